The van der Waals surface area contributed by atoms with Crippen LogP contribution in [0.5, 0.6) is 0 Å². The molecule has 1 aliphatic heterocycles. The summed E-state index contributed by atoms with van der Waals surface area (Å²) in [4.78, 5) is 22.9. The largest absolute Gasteiger partial charge is 0.469 e. The maximum Gasteiger partial charge on any atom is 0.327 e. The van der Waals surface area contributed by atoms with Gasteiger partial charge in [-0.2, -0.15) is 0 Å². The fourth-order valence-electron chi connectivity index (χ4n) is 2.67. The van der Waals surface area contributed by atoms with E-state index in [1.165, 1.54) is 7.11 Å². The van der Waals surface area contributed by atoms with Crippen LogP contribution >= 0.6 is 12.4 Å². The number of carbonyl (C=O) groups is 2. The van der Waals surface area contributed by atoms with E-state index in [9.17, 15) is 18.0 Å². The molecule has 18 heavy (non-hydrogen) atoms. The molecule has 0 aromatic rings. The highest BCUT2D eigenvalue weighted by Crippen LogP contribution is 2.57. The average molecular weight is 300 g/mol. The lowest BCUT2D eigenvalue weighted by molar-refractivity contribution is -0.148. The second kappa shape index (κ2) is 4.36. The Morgan fingerprint density at radius 3 is 2.28 bits per heavy atom. The van der Waals surface area contributed by atoms with Crippen molar-refractivity contribution in [1.82, 2.24) is 0 Å². The molecule has 0 bridgehead atoms. The van der Waals surface area contributed by atoms with Crippen LogP contribution in [0.4, 0.5) is 0 Å². The molecule has 1 aliphatic carbocycles. The maximum atomic E-state index is 11.8. The molecule has 0 unspecified atom stereocenters. The summed E-state index contributed by atoms with van der Waals surface area (Å²) in [6.45, 7) is 0. The molecule has 0 radical (unpaired) electrons. The smallest absolute Gasteiger partial charge is 0.327 e. The third-order valence-electron chi connectivity index (χ3n) is 3.44. The molecule has 1 heterocycles. The maximum absolute atomic E-state index is 11.8. The zero-order chi connectivity index (χ0) is 13.0. The van der Waals surface area contributed by atoms with E-state index in [2.05, 4.69) is 9.47 Å². The number of fused-ring (bicyclic) bond motifs is 1. The van der Waals surface area contributed by atoms with Gasteiger partial charge in [0, 0.05) is 5.92 Å². The number of esters is 2. The lowest BCUT2D eigenvalue weighted by Gasteiger charge is -2.22. The molecule has 2 aliphatic rings. The first-order chi connectivity index (χ1) is 7.79. The van der Waals surface area contributed by atoms with Gasteiger partial charge in [0.2, 0.25) is 0 Å². The first-order valence-electron chi connectivity index (χ1n) is 4.96. The van der Waals surface area contributed by atoms with Crippen LogP contribution in [0.1, 0.15) is 0 Å². The van der Waals surface area contributed by atoms with E-state index in [0.717, 1.165) is 7.11 Å². The van der Waals surface area contributed by atoms with Crippen LogP contribution in [0, 0.1) is 11.8 Å². The summed E-state index contributed by atoms with van der Waals surface area (Å²) in [6.07, 6.45) is 0. The Bertz CT molecular complexity index is 491. The molecule has 0 aromatic carbocycles. The standard InChI is InChI=1S/C9H13NO6S.ClH/c1-15-7(11)4-5-6(4)17(13,14)3-9(5,10)8(12)16-2;/h4-6H,3,10H2,1-2H3;1H/t4-,5-,6+,9+;/m1./s1. The van der Waals surface area contributed by atoms with Crippen LogP contribution in [-0.4, -0.2) is 51.1 Å². The molecule has 2 fully saturated rings. The van der Waals surface area contributed by atoms with Crippen molar-refractivity contribution >= 4 is 34.2 Å². The molecule has 2 rings (SSSR count). The van der Waals surface area contributed by atoms with E-state index in [-0.39, 0.29) is 12.4 Å². The fourth-order valence-corrected chi connectivity index (χ4v) is 5.33. The summed E-state index contributed by atoms with van der Waals surface area (Å²) in [6, 6.07) is 0. The van der Waals surface area contributed by atoms with Gasteiger partial charge in [0.05, 0.1) is 31.1 Å². The highest BCUT2D eigenvalue weighted by molar-refractivity contribution is 7.92. The van der Waals surface area contributed by atoms with Crippen molar-refractivity contribution in [3.63, 3.8) is 0 Å². The Balaban J connectivity index is 0.00000162. The van der Waals surface area contributed by atoms with Crippen LogP contribution in [-0.2, 0) is 28.9 Å². The number of sulfone groups is 1. The molecule has 9 heteroatoms. The Morgan fingerprint density at radius 2 is 1.83 bits per heavy atom. The third kappa shape index (κ3) is 1.79. The summed E-state index contributed by atoms with van der Waals surface area (Å²) >= 11 is 0. The molecule has 1 saturated carbocycles. The lowest BCUT2D eigenvalue weighted by Crippen LogP contribution is -2.54. The fraction of sp³-hybridized carbons (Fsp3) is 0.778. The van der Waals surface area contributed by atoms with Gasteiger partial charge in [-0.25, -0.2) is 8.42 Å². The zero-order valence-electron chi connectivity index (χ0n) is 9.78. The van der Waals surface area contributed by atoms with Gasteiger partial charge in [-0.1, -0.05) is 0 Å². The minimum atomic E-state index is -3.54. The van der Waals surface area contributed by atoms with Gasteiger partial charge in [0.1, 0.15) is 5.54 Å². The highest BCUT2D eigenvalue weighted by Gasteiger charge is 2.77. The Labute approximate surface area is 110 Å². The van der Waals surface area contributed by atoms with Gasteiger partial charge in [0.15, 0.2) is 9.84 Å². The first kappa shape index (κ1) is 15.2. The number of nitrogens with two attached hydrogens (primary N) is 1. The van der Waals surface area contributed by atoms with Gasteiger partial charge in [0.25, 0.3) is 0 Å². The average Bonchev–Trinajstić information content (AvgIpc) is 2.97. The molecule has 0 amide bonds. The van der Waals surface area contributed by atoms with Gasteiger partial charge in [-0.05, 0) is 0 Å². The lowest BCUT2D eigenvalue weighted by atomic mass is 9.95. The van der Waals surface area contributed by atoms with E-state index in [1.807, 2.05) is 0 Å². The number of carbonyl (C=O) groups excluding carboxylic acids is 2. The minimum Gasteiger partial charge on any atom is -0.469 e. The second-order valence-corrected chi connectivity index (χ2v) is 6.54. The van der Waals surface area contributed by atoms with Gasteiger partial charge < -0.3 is 15.2 Å². The topological polar surface area (TPSA) is 113 Å². The number of ether oxygens (including phenoxy) is 2. The van der Waals surface area contributed by atoms with Crippen molar-refractivity contribution in [3.05, 3.63) is 0 Å². The van der Waals surface area contributed by atoms with E-state index >= 15 is 0 Å². The van der Waals surface area contributed by atoms with Crippen molar-refractivity contribution in [2.45, 2.75) is 10.8 Å². The summed E-state index contributed by atoms with van der Waals surface area (Å²) in [7, 11) is -1.25. The number of rotatable bonds is 2. The van der Waals surface area contributed by atoms with Crippen molar-refractivity contribution < 1.29 is 27.5 Å². The van der Waals surface area contributed by atoms with Crippen LogP contribution in [0.15, 0.2) is 0 Å². The normalized spacial score (nSPS) is 39.2. The monoisotopic (exact) mass is 299 g/mol. The summed E-state index contributed by atoms with van der Waals surface area (Å²) < 4.78 is 32.6. The molecule has 0 spiro atoms. The SMILES string of the molecule is COC(=O)[C@@H]1[C@@H]2[C@H]1S(=O)(=O)C[C@@]2(N)C(=O)OC.Cl. The molecule has 7 nitrogen and oxygen atoms in total. The quantitative estimate of drug-likeness (QED) is 0.617. The highest BCUT2D eigenvalue weighted by atomic mass is 35.5. The number of halogens is 1. The van der Waals surface area contributed by atoms with Crippen molar-refractivity contribution in [1.29, 1.82) is 0 Å². The summed E-state index contributed by atoms with van der Waals surface area (Å²) in [5.74, 6) is -3.51. The number of hydrogen-bond donors (Lipinski definition) is 1. The van der Waals surface area contributed by atoms with Gasteiger partial charge in [-0.3, -0.25) is 9.59 Å². The van der Waals surface area contributed by atoms with E-state index in [4.69, 9.17) is 5.73 Å². The molecule has 2 N–H and O–H groups in total. The number of hydrogen-bond acceptors (Lipinski definition) is 7. The Morgan fingerprint density at radius 1 is 1.28 bits per heavy atom. The van der Waals surface area contributed by atoms with Gasteiger partial charge in [-0.15, -0.1) is 12.4 Å². The summed E-state index contributed by atoms with van der Waals surface area (Å²) in [5, 5.41) is -0.904. The van der Waals surface area contributed by atoms with Crippen molar-refractivity contribution in [3.8, 4) is 0 Å². The second-order valence-electron chi connectivity index (χ2n) is 4.38. The third-order valence-corrected chi connectivity index (χ3v) is 5.74. The molecule has 4 atom stereocenters. The van der Waals surface area contributed by atoms with E-state index in [1.54, 1.807) is 0 Å². The minimum absolute atomic E-state index is 0. The molecular formula is C9H14ClNO6S. The van der Waals surface area contributed by atoms with Crippen molar-refractivity contribution in [2.75, 3.05) is 20.0 Å². The van der Waals surface area contributed by atoms with Crippen LogP contribution < -0.4 is 5.73 Å². The van der Waals surface area contributed by atoms with Crippen molar-refractivity contribution in [2.24, 2.45) is 17.6 Å². The number of methoxy groups -OCH3 is 2. The first-order valence-corrected chi connectivity index (χ1v) is 6.68. The van der Waals surface area contributed by atoms with E-state index in [0.29, 0.717) is 0 Å². The Hall–Kier alpha value is -0.860. The van der Waals surface area contributed by atoms with Crippen LogP contribution in [0.25, 0.3) is 0 Å². The zero-order valence-corrected chi connectivity index (χ0v) is 11.4. The van der Waals surface area contributed by atoms with Crippen LogP contribution in [0.2, 0.25) is 0 Å². The van der Waals surface area contributed by atoms with Gasteiger partial charge >= 0.3 is 11.9 Å². The van der Waals surface area contributed by atoms with E-state index < -0.39 is 50.2 Å². The predicted octanol–water partition coefficient (Wildman–Crippen LogP) is -1.51. The molecule has 0 aromatic heterocycles. The molecule has 104 valence electrons. The Kier molecular flexibility index (Phi) is 3.68. The molecule has 1 saturated heterocycles. The molecular weight excluding hydrogens is 286 g/mol. The predicted molar refractivity (Wildman–Crippen MR) is 62.8 cm³/mol. The summed E-state index contributed by atoms with van der Waals surface area (Å²) in [5.41, 5.74) is 4.17. The van der Waals surface area contributed by atoms with Crippen LogP contribution in [0.3, 0.4) is 0 Å².